The van der Waals surface area contributed by atoms with Crippen molar-refractivity contribution < 1.29 is 19.1 Å². The highest BCUT2D eigenvalue weighted by Gasteiger charge is 2.61. The number of amides is 2. The van der Waals surface area contributed by atoms with Crippen LogP contribution in [0.4, 0.5) is 0 Å². The maximum Gasteiger partial charge on any atom is 0.318 e. The molecule has 0 bridgehead atoms. The number of nitrogens with zero attached hydrogens (tertiary/aromatic N) is 1. The molecule has 0 aromatic carbocycles. The lowest BCUT2D eigenvalue weighted by Crippen LogP contribution is -2.42. The summed E-state index contributed by atoms with van der Waals surface area (Å²) in [5.41, 5.74) is -0.369. The second-order valence-electron chi connectivity index (χ2n) is 8.41. The molecule has 162 valence electrons. The van der Waals surface area contributed by atoms with E-state index in [9.17, 15) is 14.4 Å². The Morgan fingerprint density at radius 2 is 2.14 bits per heavy atom. The van der Waals surface area contributed by atoms with E-state index in [0.29, 0.717) is 31.1 Å². The third kappa shape index (κ3) is 5.09. The summed E-state index contributed by atoms with van der Waals surface area (Å²) in [6, 6.07) is 0. The van der Waals surface area contributed by atoms with Crippen molar-refractivity contribution in [2.45, 2.75) is 65.7 Å². The molecule has 1 fully saturated rings. The quantitative estimate of drug-likeness (QED) is 0.471. The molecule has 0 saturated carbocycles. The van der Waals surface area contributed by atoms with Gasteiger partial charge in [-0.2, -0.15) is 0 Å². The first kappa shape index (κ1) is 23.2. The lowest BCUT2D eigenvalue weighted by Gasteiger charge is -2.34. The van der Waals surface area contributed by atoms with Crippen LogP contribution in [-0.2, 0) is 19.1 Å². The van der Waals surface area contributed by atoms with Gasteiger partial charge in [-0.05, 0) is 38.5 Å². The Hall–Kier alpha value is -2.11. The molecule has 0 spiro atoms. The van der Waals surface area contributed by atoms with Crippen LogP contribution in [0.15, 0.2) is 24.4 Å². The molecule has 1 N–H and O–H groups in total. The molecule has 1 aliphatic carbocycles. The molecule has 1 saturated heterocycles. The van der Waals surface area contributed by atoms with Crippen molar-refractivity contribution in [1.82, 2.24) is 10.2 Å². The molecule has 0 aromatic rings. The van der Waals surface area contributed by atoms with Crippen LogP contribution < -0.4 is 5.32 Å². The molecule has 2 amide bonds. The van der Waals surface area contributed by atoms with E-state index in [1.165, 1.54) is 0 Å². The fraction of sp³-hybridized carbons (Fsp3) is 0.696. The second kappa shape index (κ2) is 10.6. The van der Waals surface area contributed by atoms with E-state index >= 15 is 0 Å². The van der Waals surface area contributed by atoms with Gasteiger partial charge in [-0.1, -0.05) is 38.8 Å². The predicted octanol–water partition coefficient (Wildman–Crippen LogP) is 3.58. The van der Waals surface area contributed by atoms with Gasteiger partial charge >= 0.3 is 5.97 Å². The van der Waals surface area contributed by atoms with Gasteiger partial charge in [0.1, 0.15) is 5.41 Å². The number of likely N-dealkylation sites (tertiary alicyclic amines) is 1. The molecule has 1 aliphatic heterocycles. The average Bonchev–Trinajstić information content (AvgIpc) is 2.84. The molecular formula is C23H36N2O4. The maximum absolute atomic E-state index is 13.4. The SMILES string of the molecule is C=CCN1C(=O)[C@@H](CC(=O)NCCC(C)C)[C@]2(C(=O)OCC)CCCCC/C=C/12. The van der Waals surface area contributed by atoms with Crippen LogP contribution in [0.3, 0.4) is 0 Å². The molecule has 6 heteroatoms. The Balaban J connectivity index is 2.39. The van der Waals surface area contributed by atoms with Gasteiger partial charge in [0.2, 0.25) is 11.8 Å². The second-order valence-corrected chi connectivity index (χ2v) is 8.41. The molecule has 0 aromatic heterocycles. The number of allylic oxidation sites excluding steroid dienone is 1. The van der Waals surface area contributed by atoms with E-state index in [-0.39, 0.29) is 30.8 Å². The summed E-state index contributed by atoms with van der Waals surface area (Å²) < 4.78 is 5.47. The average molecular weight is 405 g/mol. The van der Waals surface area contributed by atoms with Crippen molar-refractivity contribution in [3.63, 3.8) is 0 Å². The Morgan fingerprint density at radius 3 is 2.79 bits per heavy atom. The molecule has 1 heterocycles. The summed E-state index contributed by atoms with van der Waals surface area (Å²) in [5, 5.41) is 2.92. The minimum Gasteiger partial charge on any atom is -0.465 e. The number of fused-ring (bicyclic) bond motifs is 1. The predicted molar refractivity (Wildman–Crippen MR) is 113 cm³/mol. The fourth-order valence-electron chi connectivity index (χ4n) is 4.44. The maximum atomic E-state index is 13.4. The molecule has 6 nitrogen and oxygen atoms in total. The van der Waals surface area contributed by atoms with Crippen molar-refractivity contribution in [3.8, 4) is 0 Å². The highest BCUT2D eigenvalue weighted by molar-refractivity contribution is 5.98. The first-order valence-electron chi connectivity index (χ1n) is 10.9. The lowest BCUT2D eigenvalue weighted by molar-refractivity contribution is -0.158. The summed E-state index contributed by atoms with van der Waals surface area (Å²) in [6.07, 6.45) is 8.74. The van der Waals surface area contributed by atoms with Crippen LogP contribution in [0.5, 0.6) is 0 Å². The van der Waals surface area contributed by atoms with Gasteiger partial charge in [-0.25, -0.2) is 0 Å². The summed E-state index contributed by atoms with van der Waals surface area (Å²) >= 11 is 0. The van der Waals surface area contributed by atoms with Gasteiger partial charge in [0, 0.05) is 25.2 Å². The number of hydrogen-bond acceptors (Lipinski definition) is 4. The third-order valence-electron chi connectivity index (χ3n) is 5.90. The highest BCUT2D eigenvalue weighted by atomic mass is 16.5. The molecule has 0 radical (unpaired) electrons. The smallest absolute Gasteiger partial charge is 0.318 e. The molecule has 29 heavy (non-hydrogen) atoms. The zero-order valence-corrected chi connectivity index (χ0v) is 18.2. The summed E-state index contributed by atoms with van der Waals surface area (Å²) in [5.74, 6) is -0.991. The third-order valence-corrected chi connectivity index (χ3v) is 5.90. The monoisotopic (exact) mass is 404 g/mol. The first-order valence-corrected chi connectivity index (χ1v) is 10.9. The number of hydrogen-bond donors (Lipinski definition) is 1. The van der Waals surface area contributed by atoms with Gasteiger partial charge in [0.05, 0.1) is 12.5 Å². The van der Waals surface area contributed by atoms with E-state index in [2.05, 4.69) is 25.7 Å². The van der Waals surface area contributed by atoms with Crippen molar-refractivity contribution in [2.24, 2.45) is 17.3 Å². The Labute approximate surface area is 174 Å². The van der Waals surface area contributed by atoms with E-state index in [4.69, 9.17) is 4.74 Å². The Morgan fingerprint density at radius 1 is 1.38 bits per heavy atom. The van der Waals surface area contributed by atoms with Crippen LogP contribution >= 0.6 is 0 Å². The van der Waals surface area contributed by atoms with E-state index in [1.807, 2.05) is 6.08 Å². The van der Waals surface area contributed by atoms with Gasteiger partial charge in [0.25, 0.3) is 0 Å². The standard InChI is InChI=1S/C23H36N2O4/c1-5-15-25-19-11-9-7-8-10-13-23(19,22(28)29-6-2)18(21(25)27)16-20(26)24-14-12-17(3)4/h5,11,17-18H,1,6-10,12-16H2,2-4H3,(H,24,26)/b19-11+/t18-,23-/m1/s1. The summed E-state index contributed by atoms with van der Waals surface area (Å²) in [7, 11) is 0. The summed E-state index contributed by atoms with van der Waals surface area (Å²) in [4.78, 5) is 40.9. The minimum atomic E-state index is -1.08. The molecule has 2 rings (SSSR count). The number of ether oxygens (including phenoxy) is 1. The zero-order valence-electron chi connectivity index (χ0n) is 18.2. The normalized spacial score (nSPS) is 26.2. The molecule has 2 atom stereocenters. The van der Waals surface area contributed by atoms with Crippen LogP contribution in [0.1, 0.15) is 65.7 Å². The molecular weight excluding hydrogens is 368 g/mol. The number of rotatable bonds is 9. The molecule has 0 unspecified atom stereocenters. The van der Waals surface area contributed by atoms with Gasteiger partial charge < -0.3 is 15.0 Å². The summed E-state index contributed by atoms with van der Waals surface area (Å²) in [6.45, 7) is 10.9. The molecule has 2 aliphatic rings. The Kier molecular flexibility index (Phi) is 8.47. The van der Waals surface area contributed by atoms with Gasteiger partial charge in [0.15, 0.2) is 0 Å². The topological polar surface area (TPSA) is 75.7 Å². The Bertz CT molecular complexity index is 655. The largest absolute Gasteiger partial charge is 0.465 e. The highest BCUT2D eigenvalue weighted by Crippen LogP contribution is 2.52. The van der Waals surface area contributed by atoms with E-state index in [1.54, 1.807) is 17.9 Å². The van der Waals surface area contributed by atoms with Gasteiger partial charge in [-0.3, -0.25) is 14.4 Å². The van der Waals surface area contributed by atoms with Crippen molar-refractivity contribution in [1.29, 1.82) is 0 Å². The van der Waals surface area contributed by atoms with Crippen molar-refractivity contribution in [2.75, 3.05) is 19.7 Å². The number of carbonyl (C=O) groups is 3. The lowest BCUT2D eigenvalue weighted by atomic mass is 9.69. The van der Waals surface area contributed by atoms with E-state index in [0.717, 1.165) is 32.1 Å². The van der Waals surface area contributed by atoms with Crippen LogP contribution in [0.2, 0.25) is 0 Å². The van der Waals surface area contributed by atoms with Crippen LogP contribution in [0, 0.1) is 17.3 Å². The van der Waals surface area contributed by atoms with Crippen molar-refractivity contribution in [3.05, 3.63) is 24.4 Å². The minimum absolute atomic E-state index is 0.000720. The zero-order chi connectivity index (χ0) is 21.4. The van der Waals surface area contributed by atoms with Crippen molar-refractivity contribution >= 4 is 17.8 Å². The number of esters is 1. The fourth-order valence-corrected chi connectivity index (χ4v) is 4.44. The number of nitrogens with one attached hydrogen (secondary N) is 1. The van der Waals surface area contributed by atoms with Crippen LogP contribution in [0.25, 0.3) is 0 Å². The van der Waals surface area contributed by atoms with E-state index < -0.39 is 11.3 Å². The van der Waals surface area contributed by atoms with Crippen LogP contribution in [-0.4, -0.2) is 42.4 Å². The number of carbonyl (C=O) groups excluding carboxylic acids is 3. The first-order chi connectivity index (χ1) is 13.9. The van der Waals surface area contributed by atoms with Gasteiger partial charge in [-0.15, -0.1) is 6.58 Å².